The van der Waals surface area contributed by atoms with E-state index in [1.807, 2.05) is 37.3 Å². The first-order chi connectivity index (χ1) is 11.7. The number of halogens is 1. The van der Waals surface area contributed by atoms with Crippen molar-refractivity contribution in [2.24, 2.45) is 10.7 Å². The zero-order valence-electron chi connectivity index (χ0n) is 14.9. The minimum Gasteiger partial charge on any atom is -0.493 e. The van der Waals surface area contributed by atoms with Gasteiger partial charge in [-0.3, -0.25) is 0 Å². The molecule has 2 rings (SSSR count). The van der Waals surface area contributed by atoms with Gasteiger partial charge in [-0.25, -0.2) is 4.99 Å². The van der Waals surface area contributed by atoms with Crippen LogP contribution in [0.4, 0.5) is 5.69 Å². The molecule has 136 valence electrons. The van der Waals surface area contributed by atoms with Gasteiger partial charge in [-0.15, -0.1) is 24.0 Å². The average molecular weight is 455 g/mol. The molecular weight excluding hydrogens is 429 g/mol. The lowest BCUT2D eigenvalue weighted by Crippen LogP contribution is -2.22. The maximum atomic E-state index is 5.98. The van der Waals surface area contributed by atoms with Gasteiger partial charge in [0.1, 0.15) is 0 Å². The minimum atomic E-state index is 0. The number of nitrogens with zero attached hydrogens (tertiary/aromatic N) is 1. The Labute approximate surface area is 166 Å². The Morgan fingerprint density at radius 3 is 2.56 bits per heavy atom. The number of benzene rings is 2. The number of guanidine groups is 1. The maximum absolute atomic E-state index is 5.98. The van der Waals surface area contributed by atoms with Crippen molar-refractivity contribution < 1.29 is 9.47 Å². The van der Waals surface area contributed by atoms with E-state index in [0.29, 0.717) is 24.9 Å². The SMILES string of the molecule is CCOc1ccc(CN=C(N)Nc2cccc(CC)c2)cc1OC.I. The molecule has 25 heavy (non-hydrogen) atoms. The highest BCUT2D eigenvalue weighted by atomic mass is 127. The van der Waals surface area contributed by atoms with E-state index < -0.39 is 0 Å². The van der Waals surface area contributed by atoms with Crippen molar-refractivity contribution in [3.8, 4) is 11.5 Å². The summed E-state index contributed by atoms with van der Waals surface area (Å²) in [5.74, 6) is 1.82. The fraction of sp³-hybridized carbons (Fsp3) is 0.316. The lowest BCUT2D eigenvalue weighted by Gasteiger charge is -2.10. The molecule has 0 aromatic heterocycles. The van der Waals surface area contributed by atoms with Gasteiger partial charge in [0.2, 0.25) is 0 Å². The number of aryl methyl sites for hydroxylation is 1. The summed E-state index contributed by atoms with van der Waals surface area (Å²) < 4.78 is 10.9. The third kappa shape index (κ3) is 6.45. The quantitative estimate of drug-likeness (QED) is 0.373. The molecule has 0 aliphatic rings. The van der Waals surface area contributed by atoms with E-state index in [0.717, 1.165) is 23.4 Å². The molecule has 5 nitrogen and oxygen atoms in total. The molecule has 0 atom stereocenters. The number of aliphatic imine (C=N–C) groups is 1. The molecule has 2 aromatic carbocycles. The van der Waals surface area contributed by atoms with Crippen LogP contribution < -0.4 is 20.5 Å². The predicted octanol–water partition coefficient (Wildman–Crippen LogP) is 4.20. The Morgan fingerprint density at radius 1 is 1.08 bits per heavy atom. The lowest BCUT2D eigenvalue weighted by atomic mass is 10.1. The fourth-order valence-electron chi connectivity index (χ4n) is 2.32. The van der Waals surface area contributed by atoms with Crippen LogP contribution in [0, 0.1) is 0 Å². The standard InChI is InChI=1S/C19H25N3O2.HI/c1-4-14-7-6-8-16(11-14)22-19(20)21-13-15-9-10-17(24-5-2)18(12-15)23-3;/h6-12H,4-5,13H2,1-3H3,(H3,20,21,22);1H. The Kier molecular flexibility index (Phi) is 9.12. The molecule has 0 saturated carbocycles. The summed E-state index contributed by atoms with van der Waals surface area (Å²) in [5, 5.41) is 3.12. The van der Waals surface area contributed by atoms with E-state index in [9.17, 15) is 0 Å². The number of methoxy groups -OCH3 is 1. The van der Waals surface area contributed by atoms with Gasteiger partial charge in [0.05, 0.1) is 20.3 Å². The van der Waals surface area contributed by atoms with Crippen LogP contribution in [0.15, 0.2) is 47.5 Å². The van der Waals surface area contributed by atoms with E-state index in [2.05, 4.69) is 29.4 Å². The lowest BCUT2D eigenvalue weighted by molar-refractivity contribution is 0.310. The van der Waals surface area contributed by atoms with Crippen LogP contribution in [0.3, 0.4) is 0 Å². The molecule has 0 unspecified atom stereocenters. The number of nitrogens with two attached hydrogens (primary N) is 1. The van der Waals surface area contributed by atoms with Gasteiger partial charge in [-0.05, 0) is 48.7 Å². The second-order valence-corrected chi connectivity index (χ2v) is 5.30. The summed E-state index contributed by atoms with van der Waals surface area (Å²) in [4.78, 5) is 4.38. The van der Waals surface area contributed by atoms with Crippen LogP contribution in [0.1, 0.15) is 25.0 Å². The molecule has 0 saturated heterocycles. The predicted molar refractivity (Wildman–Crippen MR) is 114 cm³/mol. The number of hydrogen-bond acceptors (Lipinski definition) is 3. The second-order valence-electron chi connectivity index (χ2n) is 5.30. The van der Waals surface area contributed by atoms with Crippen molar-refractivity contribution in [1.82, 2.24) is 0 Å². The number of ether oxygens (including phenoxy) is 2. The first-order valence-corrected chi connectivity index (χ1v) is 8.11. The van der Waals surface area contributed by atoms with Crippen molar-refractivity contribution in [2.45, 2.75) is 26.8 Å². The van der Waals surface area contributed by atoms with E-state index in [-0.39, 0.29) is 24.0 Å². The van der Waals surface area contributed by atoms with E-state index in [4.69, 9.17) is 15.2 Å². The third-order valence-corrected chi connectivity index (χ3v) is 3.57. The summed E-state index contributed by atoms with van der Waals surface area (Å²) in [6, 6.07) is 13.9. The summed E-state index contributed by atoms with van der Waals surface area (Å²) >= 11 is 0. The van der Waals surface area contributed by atoms with Crippen molar-refractivity contribution in [1.29, 1.82) is 0 Å². The van der Waals surface area contributed by atoms with Gasteiger partial charge in [0.25, 0.3) is 0 Å². The Balaban J connectivity index is 0.00000312. The second kappa shape index (κ2) is 10.8. The highest BCUT2D eigenvalue weighted by Gasteiger charge is 2.05. The van der Waals surface area contributed by atoms with Gasteiger partial charge < -0.3 is 20.5 Å². The van der Waals surface area contributed by atoms with Crippen molar-refractivity contribution >= 4 is 35.6 Å². The largest absolute Gasteiger partial charge is 0.493 e. The first kappa shape index (κ1) is 21.1. The van der Waals surface area contributed by atoms with Crippen LogP contribution in [0.25, 0.3) is 0 Å². The highest BCUT2D eigenvalue weighted by Crippen LogP contribution is 2.28. The van der Waals surface area contributed by atoms with E-state index in [1.54, 1.807) is 7.11 Å². The normalized spacial score (nSPS) is 10.8. The van der Waals surface area contributed by atoms with Crippen LogP contribution >= 0.6 is 24.0 Å². The van der Waals surface area contributed by atoms with Gasteiger partial charge in [-0.2, -0.15) is 0 Å². The topological polar surface area (TPSA) is 68.9 Å². The monoisotopic (exact) mass is 455 g/mol. The van der Waals surface area contributed by atoms with Gasteiger partial charge in [0, 0.05) is 5.69 Å². The maximum Gasteiger partial charge on any atom is 0.193 e. The van der Waals surface area contributed by atoms with Crippen molar-refractivity contribution in [3.63, 3.8) is 0 Å². The van der Waals surface area contributed by atoms with Crippen LogP contribution in [-0.2, 0) is 13.0 Å². The van der Waals surface area contributed by atoms with Gasteiger partial charge in [-0.1, -0.05) is 25.1 Å². The molecular formula is C19H26IN3O2. The summed E-state index contributed by atoms with van der Waals surface area (Å²) in [6.45, 7) is 5.13. The molecule has 0 fully saturated rings. The highest BCUT2D eigenvalue weighted by molar-refractivity contribution is 14.0. The summed E-state index contributed by atoms with van der Waals surface area (Å²) in [7, 11) is 1.63. The Hall–Kier alpha value is -1.96. The van der Waals surface area contributed by atoms with Gasteiger partial charge in [0.15, 0.2) is 17.5 Å². The zero-order valence-corrected chi connectivity index (χ0v) is 17.2. The molecule has 0 amide bonds. The van der Waals surface area contributed by atoms with E-state index >= 15 is 0 Å². The molecule has 0 radical (unpaired) electrons. The Bertz CT molecular complexity index is 705. The summed E-state index contributed by atoms with van der Waals surface area (Å²) in [5.41, 5.74) is 9.18. The molecule has 3 N–H and O–H groups in total. The average Bonchev–Trinajstić information content (AvgIpc) is 2.61. The Morgan fingerprint density at radius 2 is 1.88 bits per heavy atom. The summed E-state index contributed by atoms with van der Waals surface area (Å²) in [6.07, 6.45) is 0.985. The molecule has 0 heterocycles. The van der Waals surface area contributed by atoms with Gasteiger partial charge >= 0.3 is 0 Å². The smallest absolute Gasteiger partial charge is 0.193 e. The molecule has 0 aliphatic carbocycles. The zero-order chi connectivity index (χ0) is 17.4. The molecule has 0 bridgehead atoms. The third-order valence-electron chi connectivity index (χ3n) is 3.57. The first-order valence-electron chi connectivity index (χ1n) is 8.11. The van der Waals surface area contributed by atoms with Crippen LogP contribution in [-0.4, -0.2) is 19.7 Å². The number of rotatable bonds is 7. The number of anilines is 1. The molecule has 6 heteroatoms. The molecule has 2 aromatic rings. The number of nitrogens with one attached hydrogen (secondary N) is 1. The van der Waals surface area contributed by atoms with E-state index in [1.165, 1.54) is 5.56 Å². The minimum absolute atomic E-state index is 0. The molecule has 0 spiro atoms. The van der Waals surface area contributed by atoms with Crippen molar-refractivity contribution in [2.75, 3.05) is 19.0 Å². The van der Waals surface area contributed by atoms with Crippen molar-refractivity contribution in [3.05, 3.63) is 53.6 Å². The van der Waals surface area contributed by atoms with Crippen LogP contribution in [0.2, 0.25) is 0 Å². The molecule has 0 aliphatic heterocycles. The fourth-order valence-corrected chi connectivity index (χ4v) is 2.32. The number of hydrogen-bond donors (Lipinski definition) is 2. The van der Waals surface area contributed by atoms with Crippen LogP contribution in [0.5, 0.6) is 11.5 Å².